The highest BCUT2D eigenvalue weighted by molar-refractivity contribution is 7.90. The molecule has 0 aromatic carbocycles. The van der Waals surface area contributed by atoms with Gasteiger partial charge in [0.05, 0.1) is 0 Å². The molecule has 0 rings (SSSR count). The molecule has 6 heteroatoms. The molecule has 72 valence electrons. The first kappa shape index (κ1) is 11.9. The highest BCUT2D eigenvalue weighted by atomic mass is 32.2. The molecule has 1 unspecified atom stereocenters. The summed E-state index contributed by atoms with van der Waals surface area (Å²) in [6.07, 6.45) is 0.659. The van der Waals surface area contributed by atoms with Gasteiger partial charge in [-0.2, -0.15) is 9.57 Å². The summed E-state index contributed by atoms with van der Waals surface area (Å²) in [5.74, 6) is 0. The van der Waals surface area contributed by atoms with Crippen molar-refractivity contribution in [1.29, 1.82) is 5.26 Å². The average molecular weight is 201 g/mol. The predicted octanol–water partition coefficient (Wildman–Crippen LogP) is 0.427. The molecule has 5 nitrogen and oxygen atoms in total. The molecule has 0 aromatic rings. The summed E-state index contributed by atoms with van der Waals surface area (Å²) in [5, 5.41) is 6.80. The maximum absolute atomic E-state index is 11.4. The van der Waals surface area contributed by atoms with Crippen molar-refractivity contribution in [3.63, 3.8) is 0 Å². The molecule has 0 aliphatic carbocycles. The van der Waals surface area contributed by atoms with Gasteiger partial charge in [0.15, 0.2) is 6.07 Å². The number of hydrogen-bond donors (Lipinski definition) is 0. The topological polar surface area (TPSA) is 65.5 Å². The molecule has 0 N–H and O–H groups in total. The predicted molar refractivity (Wildman–Crippen MR) is 47.8 cm³/mol. The van der Waals surface area contributed by atoms with Crippen LogP contribution in [0.25, 0.3) is 4.85 Å². The van der Waals surface area contributed by atoms with Crippen LogP contribution in [0.1, 0.15) is 13.3 Å². The van der Waals surface area contributed by atoms with Gasteiger partial charge in [-0.25, -0.2) is 15.0 Å². The molecule has 13 heavy (non-hydrogen) atoms. The van der Waals surface area contributed by atoms with E-state index >= 15 is 0 Å². The average Bonchev–Trinajstić information content (AvgIpc) is 2.06. The minimum atomic E-state index is -3.75. The van der Waals surface area contributed by atoms with Gasteiger partial charge in [0.25, 0.3) is 0 Å². The summed E-state index contributed by atoms with van der Waals surface area (Å²) in [5.41, 5.74) is 0. The Labute approximate surface area is 78.4 Å². The Morgan fingerprint density at radius 3 is 2.54 bits per heavy atom. The molecule has 0 amide bonds. The van der Waals surface area contributed by atoms with Crippen molar-refractivity contribution in [3.05, 3.63) is 11.4 Å². The largest absolute Gasteiger partial charge is 0.417 e. The van der Waals surface area contributed by atoms with Gasteiger partial charge in [-0.15, -0.1) is 0 Å². The number of hydrogen-bond acceptors (Lipinski definition) is 3. The van der Waals surface area contributed by atoms with Crippen LogP contribution in [0.3, 0.4) is 0 Å². The van der Waals surface area contributed by atoms with E-state index < -0.39 is 15.4 Å². The van der Waals surface area contributed by atoms with Crippen LogP contribution in [0, 0.1) is 17.9 Å². The van der Waals surface area contributed by atoms with Crippen molar-refractivity contribution in [2.75, 3.05) is 13.6 Å². The number of nitrogens with zero attached hydrogens (tertiary/aromatic N) is 3. The van der Waals surface area contributed by atoms with Crippen molar-refractivity contribution < 1.29 is 8.42 Å². The van der Waals surface area contributed by atoms with Crippen LogP contribution in [0.5, 0.6) is 0 Å². The highest BCUT2D eigenvalue weighted by Gasteiger charge is 2.34. The lowest BCUT2D eigenvalue weighted by molar-refractivity contribution is 0.467. The van der Waals surface area contributed by atoms with Crippen LogP contribution < -0.4 is 0 Å². The van der Waals surface area contributed by atoms with E-state index in [1.165, 1.54) is 13.1 Å². The molecule has 0 spiro atoms. The molecule has 0 radical (unpaired) electrons. The van der Waals surface area contributed by atoms with Gasteiger partial charge in [0, 0.05) is 13.6 Å². The fourth-order valence-electron chi connectivity index (χ4n) is 0.775. The molecule has 1 atom stereocenters. The van der Waals surface area contributed by atoms with Crippen LogP contribution >= 0.6 is 0 Å². The van der Waals surface area contributed by atoms with Gasteiger partial charge in [-0.05, 0) is 6.42 Å². The summed E-state index contributed by atoms with van der Waals surface area (Å²) < 4.78 is 23.8. The Balaban J connectivity index is 4.79. The van der Waals surface area contributed by atoms with Gasteiger partial charge in [-0.1, -0.05) is 6.92 Å². The van der Waals surface area contributed by atoms with E-state index in [0.717, 1.165) is 4.31 Å². The van der Waals surface area contributed by atoms with Crippen LogP contribution in [-0.2, 0) is 10.0 Å². The first-order chi connectivity index (χ1) is 6.00. The van der Waals surface area contributed by atoms with E-state index in [2.05, 4.69) is 4.85 Å². The minimum Gasteiger partial charge on any atom is -0.278 e. The van der Waals surface area contributed by atoms with Gasteiger partial charge in [0.1, 0.15) is 0 Å². The highest BCUT2D eigenvalue weighted by Crippen LogP contribution is 2.07. The van der Waals surface area contributed by atoms with E-state index in [1.54, 1.807) is 0 Å². The van der Waals surface area contributed by atoms with E-state index in [-0.39, 0.29) is 0 Å². The normalized spacial score (nSPS) is 13.3. The Hall–Kier alpha value is -1.11. The van der Waals surface area contributed by atoms with E-state index in [1.807, 2.05) is 6.92 Å². The van der Waals surface area contributed by atoms with Gasteiger partial charge < -0.3 is 0 Å². The van der Waals surface area contributed by atoms with Crippen LogP contribution in [0.2, 0.25) is 0 Å². The summed E-state index contributed by atoms with van der Waals surface area (Å²) in [4.78, 5) is 2.74. The molecule has 0 aliphatic heterocycles. The van der Waals surface area contributed by atoms with Crippen molar-refractivity contribution in [2.24, 2.45) is 0 Å². The van der Waals surface area contributed by atoms with Crippen LogP contribution in [0.4, 0.5) is 0 Å². The molecule has 0 aliphatic rings. The Bertz CT molecular complexity index is 322. The Kier molecular flexibility index (Phi) is 4.39. The second-order valence-electron chi connectivity index (χ2n) is 2.48. The Morgan fingerprint density at radius 1 is 1.69 bits per heavy atom. The minimum absolute atomic E-state index is 0.329. The lowest BCUT2D eigenvalue weighted by Gasteiger charge is -2.13. The lowest BCUT2D eigenvalue weighted by atomic mass is 10.5. The maximum Gasteiger partial charge on any atom is 0.417 e. The summed E-state index contributed by atoms with van der Waals surface area (Å²) >= 11 is 0. The molecule has 0 aromatic heterocycles. The smallest absolute Gasteiger partial charge is 0.278 e. The van der Waals surface area contributed by atoms with Crippen molar-refractivity contribution >= 4 is 10.0 Å². The van der Waals surface area contributed by atoms with Gasteiger partial charge in [-0.3, -0.25) is 4.85 Å². The fraction of sp³-hybridized carbons (Fsp3) is 0.714. The quantitative estimate of drug-likeness (QED) is 0.619. The zero-order chi connectivity index (χ0) is 10.5. The molecule has 0 saturated carbocycles. The van der Waals surface area contributed by atoms with Crippen molar-refractivity contribution in [3.8, 4) is 6.07 Å². The van der Waals surface area contributed by atoms with E-state index in [4.69, 9.17) is 11.8 Å². The summed E-state index contributed by atoms with van der Waals surface area (Å²) in [7, 11) is -2.38. The maximum atomic E-state index is 11.4. The number of sulfonamides is 1. The third kappa shape index (κ3) is 2.69. The standard InChI is InChI=1S/C7H11N3O2S/c1-4-5-10(3)13(11,12)7(6-8)9-2/h7H,4-5H2,1,3H3. The molecule has 0 fully saturated rings. The van der Waals surface area contributed by atoms with Crippen LogP contribution in [0.15, 0.2) is 0 Å². The number of nitriles is 1. The third-order valence-electron chi connectivity index (χ3n) is 1.48. The first-order valence-electron chi connectivity index (χ1n) is 3.72. The third-order valence-corrected chi connectivity index (χ3v) is 3.31. The van der Waals surface area contributed by atoms with E-state index in [0.29, 0.717) is 13.0 Å². The SMILES string of the molecule is [C-]#[N+]C(C#N)S(=O)(=O)N(C)CCC. The lowest BCUT2D eigenvalue weighted by Crippen LogP contribution is -2.34. The Morgan fingerprint density at radius 2 is 2.23 bits per heavy atom. The monoisotopic (exact) mass is 201 g/mol. The molecule has 0 saturated heterocycles. The second-order valence-corrected chi connectivity index (χ2v) is 4.58. The first-order valence-corrected chi connectivity index (χ1v) is 5.22. The zero-order valence-electron chi connectivity index (χ0n) is 7.56. The zero-order valence-corrected chi connectivity index (χ0v) is 8.37. The van der Waals surface area contributed by atoms with Crippen molar-refractivity contribution in [2.45, 2.75) is 18.7 Å². The second kappa shape index (κ2) is 4.80. The molecular formula is C7H11N3O2S. The molecule has 0 heterocycles. The fourth-order valence-corrected chi connectivity index (χ4v) is 1.82. The summed E-state index contributed by atoms with van der Waals surface area (Å²) in [6.45, 7) is 8.69. The van der Waals surface area contributed by atoms with E-state index in [9.17, 15) is 8.42 Å². The van der Waals surface area contributed by atoms with Gasteiger partial charge in [0.2, 0.25) is 0 Å². The molecular weight excluding hydrogens is 190 g/mol. The van der Waals surface area contributed by atoms with Gasteiger partial charge >= 0.3 is 15.4 Å². The van der Waals surface area contributed by atoms with Crippen molar-refractivity contribution in [1.82, 2.24) is 4.31 Å². The molecule has 0 bridgehead atoms. The van der Waals surface area contributed by atoms with Crippen LogP contribution in [-0.4, -0.2) is 31.7 Å². The number of rotatable bonds is 4. The summed E-state index contributed by atoms with van der Waals surface area (Å²) in [6, 6.07) is 1.45.